The summed E-state index contributed by atoms with van der Waals surface area (Å²) in [5, 5.41) is 29.0. The molecule has 0 amide bonds. The molecule has 114 valence electrons. The van der Waals surface area contributed by atoms with Gasteiger partial charge in [-0.3, -0.25) is 19.7 Å². The molecule has 0 radical (unpaired) electrons. The van der Waals surface area contributed by atoms with Crippen LogP contribution in [0.15, 0.2) is 30.3 Å². The van der Waals surface area contributed by atoms with Crippen LogP contribution in [-0.4, -0.2) is 45.3 Å². The molecule has 0 aliphatic heterocycles. The monoisotopic (exact) mass is 295 g/mol. The van der Waals surface area contributed by atoms with Crippen LogP contribution in [-0.2, 0) is 20.8 Å². The van der Waals surface area contributed by atoms with Crippen LogP contribution in [0, 0.1) is 0 Å². The van der Waals surface area contributed by atoms with Crippen molar-refractivity contribution in [3.63, 3.8) is 0 Å². The first-order valence-corrected chi connectivity index (χ1v) is 6.37. The van der Waals surface area contributed by atoms with E-state index in [-0.39, 0.29) is 6.42 Å². The SMILES string of the molecule is O=C(O)CC(NC(CCc1ccccc1)C(=O)O)C(=O)O. The van der Waals surface area contributed by atoms with E-state index in [1.165, 1.54) is 0 Å². The van der Waals surface area contributed by atoms with Crippen molar-refractivity contribution >= 4 is 17.9 Å². The molecule has 0 saturated carbocycles. The fraction of sp³-hybridized carbons (Fsp3) is 0.357. The summed E-state index contributed by atoms with van der Waals surface area (Å²) in [6.45, 7) is 0. The minimum absolute atomic E-state index is 0.169. The van der Waals surface area contributed by atoms with Crippen LogP contribution in [0.2, 0.25) is 0 Å². The number of carbonyl (C=O) groups is 3. The van der Waals surface area contributed by atoms with Crippen molar-refractivity contribution in [2.45, 2.75) is 31.3 Å². The molecule has 0 aliphatic carbocycles. The minimum atomic E-state index is -1.43. The van der Waals surface area contributed by atoms with Crippen LogP contribution in [0.3, 0.4) is 0 Å². The van der Waals surface area contributed by atoms with Gasteiger partial charge in [-0.1, -0.05) is 30.3 Å². The number of aryl methyl sites for hydroxylation is 1. The zero-order valence-electron chi connectivity index (χ0n) is 11.2. The third-order valence-electron chi connectivity index (χ3n) is 2.94. The van der Waals surface area contributed by atoms with Crippen molar-refractivity contribution in [3.05, 3.63) is 35.9 Å². The van der Waals surface area contributed by atoms with Gasteiger partial charge in [0.1, 0.15) is 12.1 Å². The molecule has 1 rings (SSSR count). The lowest BCUT2D eigenvalue weighted by Crippen LogP contribution is -2.48. The fourth-order valence-electron chi connectivity index (χ4n) is 1.87. The van der Waals surface area contributed by atoms with Crippen LogP contribution in [0.1, 0.15) is 18.4 Å². The highest BCUT2D eigenvalue weighted by Gasteiger charge is 2.27. The molecule has 0 spiro atoms. The lowest BCUT2D eigenvalue weighted by molar-refractivity contribution is -0.147. The van der Waals surface area contributed by atoms with Crippen molar-refractivity contribution in [2.75, 3.05) is 0 Å². The highest BCUT2D eigenvalue weighted by Crippen LogP contribution is 2.07. The first-order chi connectivity index (χ1) is 9.90. The van der Waals surface area contributed by atoms with Gasteiger partial charge in [-0.25, -0.2) is 0 Å². The second kappa shape index (κ2) is 8.01. The van der Waals surface area contributed by atoms with Crippen molar-refractivity contribution in [1.82, 2.24) is 5.32 Å². The van der Waals surface area contributed by atoms with Crippen LogP contribution in [0.4, 0.5) is 0 Å². The van der Waals surface area contributed by atoms with Crippen LogP contribution >= 0.6 is 0 Å². The van der Waals surface area contributed by atoms with Crippen LogP contribution < -0.4 is 5.32 Å². The number of carboxylic acids is 3. The van der Waals surface area contributed by atoms with Crippen molar-refractivity contribution in [3.8, 4) is 0 Å². The molecule has 2 unspecified atom stereocenters. The van der Waals surface area contributed by atoms with Gasteiger partial charge in [0.2, 0.25) is 0 Å². The van der Waals surface area contributed by atoms with Crippen molar-refractivity contribution in [2.24, 2.45) is 0 Å². The summed E-state index contributed by atoms with van der Waals surface area (Å²) < 4.78 is 0. The Balaban J connectivity index is 2.65. The zero-order chi connectivity index (χ0) is 15.8. The number of carboxylic acid groups (broad SMARTS) is 3. The molecular formula is C14H17NO6. The van der Waals surface area contributed by atoms with Gasteiger partial charge in [0.25, 0.3) is 0 Å². The molecule has 0 aliphatic rings. The average Bonchev–Trinajstić information content (AvgIpc) is 2.42. The number of benzene rings is 1. The first kappa shape index (κ1) is 16.6. The van der Waals surface area contributed by atoms with E-state index in [0.29, 0.717) is 6.42 Å². The topological polar surface area (TPSA) is 124 Å². The van der Waals surface area contributed by atoms with Gasteiger partial charge in [0.15, 0.2) is 0 Å². The Bertz CT molecular complexity index is 501. The molecule has 0 aromatic heterocycles. The minimum Gasteiger partial charge on any atom is -0.481 e. The van der Waals surface area contributed by atoms with E-state index in [9.17, 15) is 14.4 Å². The molecule has 0 heterocycles. The highest BCUT2D eigenvalue weighted by molar-refractivity contribution is 5.82. The van der Waals surface area contributed by atoms with Gasteiger partial charge < -0.3 is 15.3 Å². The van der Waals surface area contributed by atoms with Crippen molar-refractivity contribution in [1.29, 1.82) is 0 Å². The Morgan fingerprint density at radius 2 is 1.52 bits per heavy atom. The number of rotatable bonds is 9. The quantitative estimate of drug-likeness (QED) is 0.525. The molecule has 0 saturated heterocycles. The molecule has 0 fully saturated rings. The summed E-state index contributed by atoms with van der Waals surface area (Å²) in [6, 6.07) is 6.61. The van der Waals surface area contributed by atoms with E-state index < -0.39 is 36.4 Å². The molecule has 0 bridgehead atoms. The lowest BCUT2D eigenvalue weighted by atomic mass is 10.0. The molecule has 21 heavy (non-hydrogen) atoms. The molecule has 1 aromatic rings. The molecule has 7 heteroatoms. The number of hydrogen-bond acceptors (Lipinski definition) is 4. The van der Waals surface area contributed by atoms with Gasteiger partial charge in [-0.15, -0.1) is 0 Å². The Morgan fingerprint density at radius 1 is 0.952 bits per heavy atom. The Kier molecular flexibility index (Phi) is 6.35. The van der Waals surface area contributed by atoms with E-state index in [2.05, 4.69) is 5.32 Å². The summed E-state index contributed by atoms with van der Waals surface area (Å²) in [5.74, 6) is -3.90. The van der Waals surface area contributed by atoms with Gasteiger partial charge in [-0.05, 0) is 18.4 Å². The summed E-state index contributed by atoms with van der Waals surface area (Å²) >= 11 is 0. The highest BCUT2D eigenvalue weighted by atomic mass is 16.4. The number of hydrogen-bond donors (Lipinski definition) is 4. The maximum Gasteiger partial charge on any atom is 0.321 e. The molecule has 4 N–H and O–H groups in total. The van der Waals surface area contributed by atoms with Gasteiger partial charge in [0, 0.05) is 0 Å². The van der Waals surface area contributed by atoms with Crippen molar-refractivity contribution < 1.29 is 29.7 Å². The lowest BCUT2D eigenvalue weighted by Gasteiger charge is -2.19. The van der Waals surface area contributed by atoms with E-state index in [1.54, 1.807) is 0 Å². The maximum absolute atomic E-state index is 11.2. The second-order valence-electron chi connectivity index (χ2n) is 4.57. The Morgan fingerprint density at radius 3 is 2.00 bits per heavy atom. The summed E-state index contributed by atoms with van der Waals surface area (Å²) in [5.41, 5.74) is 0.927. The second-order valence-corrected chi connectivity index (χ2v) is 4.57. The third kappa shape index (κ3) is 6.05. The number of nitrogens with one attached hydrogen (secondary N) is 1. The summed E-state index contributed by atoms with van der Waals surface area (Å²) in [6.07, 6.45) is -0.0581. The van der Waals surface area contributed by atoms with Gasteiger partial charge >= 0.3 is 17.9 Å². The summed E-state index contributed by atoms with van der Waals surface area (Å²) in [4.78, 5) is 32.7. The fourth-order valence-corrected chi connectivity index (χ4v) is 1.87. The largest absolute Gasteiger partial charge is 0.481 e. The van der Waals surface area contributed by atoms with E-state index in [1.807, 2.05) is 30.3 Å². The van der Waals surface area contributed by atoms with E-state index in [0.717, 1.165) is 5.56 Å². The smallest absolute Gasteiger partial charge is 0.321 e. The normalized spacial score (nSPS) is 13.3. The molecule has 1 aromatic carbocycles. The molecule has 2 atom stereocenters. The third-order valence-corrected chi connectivity index (χ3v) is 2.94. The van der Waals surface area contributed by atoms with E-state index in [4.69, 9.17) is 15.3 Å². The number of aliphatic carboxylic acids is 3. The van der Waals surface area contributed by atoms with Gasteiger partial charge in [-0.2, -0.15) is 0 Å². The average molecular weight is 295 g/mol. The molecular weight excluding hydrogens is 278 g/mol. The Hall–Kier alpha value is -2.41. The predicted molar refractivity (Wildman–Crippen MR) is 73.0 cm³/mol. The summed E-state index contributed by atoms with van der Waals surface area (Å²) in [7, 11) is 0. The zero-order valence-corrected chi connectivity index (χ0v) is 11.2. The predicted octanol–water partition coefficient (Wildman–Crippen LogP) is 0.590. The van der Waals surface area contributed by atoms with Gasteiger partial charge in [0.05, 0.1) is 6.42 Å². The Labute approximate surface area is 121 Å². The van der Waals surface area contributed by atoms with Crippen LogP contribution in [0.25, 0.3) is 0 Å². The molecule has 7 nitrogen and oxygen atoms in total. The maximum atomic E-state index is 11.2. The van der Waals surface area contributed by atoms with E-state index >= 15 is 0 Å². The standard InChI is InChI=1S/C14H17NO6/c16-12(17)8-11(14(20)21)15-10(13(18)19)7-6-9-4-2-1-3-5-9/h1-5,10-11,15H,6-8H2,(H,16,17)(H,18,19)(H,20,21). The van der Waals surface area contributed by atoms with Crippen LogP contribution in [0.5, 0.6) is 0 Å². The first-order valence-electron chi connectivity index (χ1n) is 6.37.